The van der Waals surface area contributed by atoms with Crippen LogP contribution in [0.25, 0.3) is 0 Å². The molecule has 0 spiro atoms. The number of hydrogen-bond donors (Lipinski definition) is 1. The van der Waals surface area contributed by atoms with Gasteiger partial charge in [0.25, 0.3) is 0 Å². The maximum Gasteiger partial charge on any atom is 0.354 e. The molecule has 0 atom stereocenters. The number of anilines is 1. The molecule has 1 aromatic rings. The largest absolute Gasteiger partial charge is 0.477 e. The van der Waals surface area contributed by atoms with Gasteiger partial charge in [0.05, 0.1) is 0 Å². The van der Waals surface area contributed by atoms with Gasteiger partial charge in [0.15, 0.2) is 5.69 Å². The van der Waals surface area contributed by atoms with E-state index in [1.807, 2.05) is 7.05 Å². The molecular weight excluding hydrogens is 206 g/mol. The Kier molecular flexibility index (Phi) is 3.84. The van der Waals surface area contributed by atoms with E-state index in [4.69, 9.17) is 11.5 Å². The molecule has 1 rings (SSSR count). The SMILES string of the molecule is C#CCCN(C)c1cc(C(=O)O)nc(C)n1. The van der Waals surface area contributed by atoms with Crippen molar-refractivity contribution in [3.05, 3.63) is 17.6 Å². The summed E-state index contributed by atoms with van der Waals surface area (Å²) >= 11 is 0. The molecule has 0 amide bonds. The Morgan fingerprint density at radius 2 is 2.31 bits per heavy atom. The van der Waals surface area contributed by atoms with Gasteiger partial charge in [0, 0.05) is 26.1 Å². The molecule has 0 saturated carbocycles. The molecule has 0 saturated heterocycles. The first-order valence-electron chi connectivity index (χ1n) is 4.78. The summed E-state index contributed by atoms with van der Waals surface area (Å²) in [5.74, 6) is 2.46. The Hall–Kier alpha value is -2.09. The van der Waals surface area contributed by atoms with Gasteiger partial charge in [0.1, 0.15) is 11.6 Å². The van der Waals surface area contributed by atoms with E-state index in [0.29, 0.717) is 24.6 Å². The molecule has 1 aromatic heterocycles. The summed E-state index contributed by atoms with van der Waals surface area (Å²) in [6.07, 6.45) is 5.74. The van der Waals surface area contributed by atoms with Crippen LogP contribution in [0, 0.1) is 19.3 Å². The minimum absolute atomic E-state index is 0.00458. The molecule has 1 heterocycles. The van der Waals surface area contributed by atoms with Crippen molar-refractivity contribution >= 4 is 11.8 Å². The van der Waals surface area contributed by atoms with E-state index in [1.165, 1.54) is 6.07 Å². The molecule has 84 valence electrons. The van der Waals surface area contributed by atoms with Gasteiger partial charge in [-0.2, -0.15) is 0 Å². The van der Waals surface area contributed by atoms with Crippen molar-refractivity contribution in [1.29, 1.82) is 0 Å². The van der Waals surface area contributed by atoms with Crippen molar-refractivity contribution in [2.45, 2.75) is 13.3 Å². The summed E-state index contributed by atoms with van der Waals surface area (Å²) < 4.78 is 0. The topological polar surface area (TPSA) is 66.3 Å². The average Bonchev–Trinajstić information content (AvgIpc) is 2.24. The van der Waals surface area contributed by atoms with Crippen LogP contribution >= 0.6 is 0 Å². The van der Waals surface area contributed by atoms with Crippen LogP contribution in [-0.4, -0.2) is 34.6 Å². The number of aromatic carboxylic acids is 1. The van der Waals surface area contributed by atoms with E-state index >= 15 is 0 Å². The van der Waals surface area contributed by atoms with Crippen molar-refractivity contribution in [2.24, 2.45) is 0 Å². The second kappa shape index (κ2) is 5.12. The number of aryl methyl sites for hydroxylation is 1. The highest BCUT2D eigenvalue weighted by Crippen LogP contribution is 2.11. The molecule has 0 aromatic carbocycles. The van der Waals surface area contributed by atoms with E-state index in [2.05, 4.69) is 15.9 Å². The Morgan fingerprint density at radius 3 is 2.88 bits per heavy atom. The molecule has 16 heavy (non-hydrogen) atoms. The lowest BCUT2D eigenvalue weighted by Crippen LogP contribution is -2.20. The number of rotatable bonds is 4. The number of carboxylic acid groups (broad SMARTS) is 1. The van der Waals surface area contributed by atoms with E-state index in [9.17, 15) is 4.79 Å². The second-order valence-corrected chi connectivity index (χ2v) is 3.34. The highest BCUT2D eigenvalue weighted by atomic mass is 16.4. The molecule has 0 fully saturated rings. The summed E-state index contributed by atoms with van der Waals surface area (Å²) in [5, 5.41) is 8.85. The number of terminal acetylenes is 1. The standard InChI is InChI=1S/C11H13N3O2/c1-4-5-6-14(3)10-7-9(11(15)16)12-8(2)13-10/h1,7H,5-6H2,2-3H3,(H,15,16). The molecule has 0 radical (unpaired) electrons. The van der Waals surface area contributed by atoms with Gasteiger partial charge in [-0.15, -0.1) is 12.3 Å². The second-order valence-electron chi connectivity index (χ2n) is 3.34. The Balaban J connectivity index is 2.96. The maximum atomic E-state index is 10.8. The van der Waals surface area contributed by atoms with Gasteiger partial charge >= 0.3 is 5.97 Å². The molecule has 0 bridgehead atoms. The zero-order valence-corrected chi connectivity index (χ0v) is 9.27. The minimum atomic E-state index is -1.06. The van der Waals surface area contributed by atoms with E-state index in [0.717, 1.165) is 0 Å². The zero-order chi connectivity index (χ0) is 12.1. The first-order valence-corrected chi connectivity index (χ1v) is 4.78. The van der Waals surface area contributed by atoms with Crippen LogP contribution in [0.1, 0.15) is 22.7 Å². The molecule has 0 aliphatic heterocycles. The van der Waals surface area contributed by atoms with Crippen LogP contribution in [-0.2, 0) is 0 Å². The van der Waals surface area contributed by atoms with E-state index < -0.39 is 5.97 Å². The smallest absolute Gasteiger partial charge is 0.354 e. The van der Waals surface area contributed by atoms with Crippen molar-refractivity contribution in [3.63, 3.8) is 0 Å². The van der Waals surface area contributed by atoms with Crippen molar-refractivity contribution < 1.29 is 9.90 Å². The van der Waals surface area contributed by atoms with Crippen LogP contribution in [0.3, 0.4) is 0 Å². The van der Waals surface area contributed by atoms with Crippen LogP contribution < -0.4 is 4.90 Å². The lowest BCUT2D eigenvalue weighted by Gasteiger charge is -2.17. The van der Waals surface area contributed by atoms with Gasteiger partial charge in [-0.05, 0) is 6.92 Å². The highest BCUT2D eigenvalue weighted by molar-refractivity contribution is 5.86. The average molecular weight is 219 g/mol. The lowest BCUT2D eigenvalue weighted by atomic mass is 10.3. The zero-order valence-electron chi connectivity index (χ0n) is 9.27. The Morgan fingerprint density at radius 1 is 1.62 bits per heavy atom. The van der Waals surface area contributed by atoms with E-state index in [1.54, 1.807) is 11.8 Å². The van der Waals surface area contributed by atoms with E-state index in [-0.39, 0.29) is 5.69 Å². The third kappa shape index (κ3) is 2.95. The molecule has 5 nitrogen and oxygen atoms in total. The number of nitrogens with zero attached hydrogens (tertiary/aromatic N) is 3. The van der Waals surface area contributed by atoms with Crippen LogP contribution in [0.2, 0.25) is 0 Å². The van der Waals surface area contributed by atoms with Crippen LogP contribution in [0.5, 0.6) is 0 Å². The number of aromatic nitrogens is 2. The summed E-state index contributed by atoms with van der Waals surface area (Å²) in [6.45, 7) is 2.29. The fourth-order valence-corrected chi connectivity index (χ4v) is 1.20. The monoisotopic (exact) mass is 219 g/mol. The molecule has 0 aliphatic carbocycles. The van der Waals surface area contributed by atoms with Crippen molar-refractivity contribution in [2.75, 3.05) is 18.5 Å². The van der Waals surface area contributed by atoms with Gasteiger partial charge in [-0.3, -0.25) is 0 Å². The molecule has 1 N–H and O–H groups in total. The number of carboxylic acids is 1. The Labute approximate surface area is 94.1 Å². The van der Waals surface area contributed by atoms with Gasteiger partial charge in [-0.25, -0.2) is 14.8 Å². The fourth-order valence-electron chi connectivity index (χ4n) is 1.20. The minimum Gasteiger partial charge on any atom is -0.477 e. The third-order valence-corrected chi connectivity index (χ3v) is 2.03. The maximum absolute atomic E-state index is 10.8. The lowest BCUT2D eigenvalue weighted by molar-refractivity contribution is 0.0690. The third-order valence-electron chi connectivity index (χ3n) is 2.03. The summed E-state index contributed by atoms with van der Waals surface area (Å²) in [5.41, 5.74) is -0.00458. The predicted octanol–water partition coefficient (Wildman–Crippen LogP) is 0.943. The summed E-state index contributed by atoms with van der Waals surface area (Å²) in [7, 11) is 1.81. The predicted molar refractivity (Wildman–Crippen MR) is 60.4 cm³/mol. The molecular formula is C11H13N3O2. The molecule has 0 aliphatic rings. The van der Waals surface area contributed by atoms with Crippen molar-refractivity contribution in [1.82, 2.24) is 9.97 Å². The number of hydrogen-bond acceptors (Lipinski definition) is 4. The molecule has 5 heteroatoms. The summed E-state index contributed by atoms with van der Waals surface area (Å²) in [4.78, 5) is 20.6. The van der Waals surface area contributed by atoms with Gasteiger partial charge in [-0.1, -0.05) is 0 Å². The number of carbonyl (C=O) groups is 1. The Bertz CT molecular complexity index is 437. The van der Waals surface area contributed by atoms with Gasteiger partial charge in [0.2, 0.25) is 0 Å². The van der Waals surface area contributed by atoms with Gasteiger partial charge < -0.3 is 10.0 Å². The quantitative estimate of drug-likeness (QED) is 0.763. The molecule has 0 unspecified atom stereocenters. The first kappa shape index (κ1) is 12.0. The van der Waals surface area contributed by atoms with Crippen LogP contribution in [0.4, 0.5) is 5.82 Å². The van der Waals surface area contributed by atoms with Crippen molar-refractivity contribution in [3.8, 4) is 12.3 Å². The van der Waals surface area contributed by atoms with Crippen LogP contribution in [0.15, 0.2) is 6.07 Å². The highest BCUT2D eigenvalue weighted by Gasteiger charge is 2.10. The summed E-state index contributed by atoms with van der Waals surface area (Å²) in [6, 6.07) is 1.44. The first-order chi connectivity index (χ1) is 7.54. The normalized spacial score (nSPS) is 9.56. The fraction of sp³-hybridized carbons (Fsp3) is 0.364.